The van der Waals surface area contributed by atoms with E-state index in [1.165, 1.54) is 16.3 Å². The SMILES string of the molecule is Cc1cnc(-c2[c-]cccc2)c2ccccc12.[Ir]. The third-order valence-corrected chi connectivity index (χ3v) is 2.96. The van der Waals surface area contributed by atoms with Crippen LogP contribution in [0.5, 0.6) is 0 Å². The van der Waals surface area contributed by atoms with Crippen molar-refractivity contribution in [1.82, 2.24) is 4.98 Å². The van der Waals surface area contributed by atoms with Crippen molar-refractivity contribution in [3.63, 3.8) is 0 Å². The van der Waals surface area contributed by atoms with Crippen LogP contribution in [0, 0.1) is 13.0 Å². The molecule has 0 saturated carbocycles. The van der Waals surface area contributed by atoms with Gasteiger partial charge in [0.1, 0.15) is 0 Å². The summed E-state index contributed by atoms with van der Waals surface area (Å²) in [5.74, 6) is 0. The molecule has 2 heteroatoms. The van der Waals surface area contributed by atoms with Crippen LogP contribution in [0.25, 0.3) is 22.0 Å². The zero-order valence-corrected chi connectivity index (χ0v) is 12.4. The molecule has 0 saturated heterocycles. The number of aryl methyl sites for hydroxylation is 1. The Kier molecular flexibility index (Phi) is 3.90. The van der Waals surface area contributed by atoms with Gasteiger partial charge in [-0.2, -0.15) is 0 Å². The molecule has 0 bridgehead atoms. The molecular formula is C16H12IrN-. The Morgan fingerprint density at radius 3 is 2.39 bits per heavy atom. The van der Waals surface area contributed by atoms with Gasteiger partial charge >= 0.3 is 0 Å². The van der Waals surface area contributed by atoms with Gasteiger partial charge in [0.25, 0.3) is 0 Å². The predicted octanol–water partition coefficient (Wildman–Crippen LogP) is 4.01. The van der Waals surface area contributed by atoms with Gasteiger partial charge in [0, 0.05) is 26.3 Å². The van der Waals surface area contributed by atoms with Gasteiger partial charge in [-0.3, -0.25) is 0 Å². The molecule has 0 spiro atoms. The number of nitrogens with zero attached hydrogens (tertiary/aromatic N) is 1. The van der Waals surface area contributed by atoms with Crippen molar-refractivity contribution in [3.8, 4) is 11.3 Å². The second kappa shape index (κ2) is 5.43. The van der Waals surface area contributed by atoms with E-state index >= 15 is 0 Å². The molecule has 0 atom stereocenters. The first-order valence-corrected chi connectivity index (χ1v) is 5.68. The van der Waals surface area contributed by atoms with Crippen molar-refractivity contribution in [3.05, 3.63) is 66.4 Å². The van der Waals surface area contributed by atoms with Gasteiger partial charge in [-0.15, -0.1) is 35.9 Å². The van der Waals surface area contributed by atoms with Gasteiger partial charge in [-0.1, -0.05) is 24.3 Å². The number of benzene rings is 2. The zero-order valence-electron chi connectivity index (χ0n) is 9.98. The average Bonchev–Trinajstić information content (AvgIpc) is 2.41. The number of hydrogen-bond donors (Lipinski definition) is 0. The molecular weight excluding hydrogens is 398 g/mol. The molecule has 18 heavy (non-hydrogen) atoms. The Bertz CT molecular complexity index is 662. The Balaban J connectivity index is 0.00000120. The Hall–Kier alpha value is -1.50. The Morgan fingerprint density at radius 1 is 0.944 bits per heavy atom. The van der Waals surface area contributed by atoms with Crippen molar-refractivity contribution in [2.45, 2.75) is 6.92 Å². The molecule has 0 fully saturated rings. The van der Waals surface area contributed by atoms with Crippen molar-refractivity contribution in [1.29, 1.82) is 0 Å². The van der Waals surface area contributed by atoms with Crippen molar-refractivity contribution in [2.75, 3.05) is 0 Å². The van der Waals surface area contributed by atoms with Crippen LogP contribution in [-0.4, -0.2) is 4.98 Å². The molecule has 0 aliphatic heterocycles. The number of aromatic nitrogens is 1. The molecule has 1 nitrogen and oxygen atoms in total. The molecule has 3 aromatic rings. The monoisotopic (exact) mass is 411 g/mol. The van der Waals surface area contributed by atoms with Crippen LogP contribution in [0.15, 0.2) is 54.7 Å². The molecule has 0 amide bonds. The van der Waals surface area contributed by atoms with E-state index in [9.17, 15) is 0 Å². The molecule has 1 aromatic heterocycles. The Morgan fingerprint density at radius 2 is 1.67 bits per heavy atom. The van der Waals surface area contributed by atoms with Gasteiger partial charge in [0.2, 0.25) is 0 Å². The third-order valence-electron chi connectivity index (χ3n) is 2.96. The molecule has 0 N–H and O–H groups in total. The molecule has 91 valence electrons. The predicted molar refractivity (Wildman–Crippen MR) is 70.8 cm³/mol. The summed E-state index contributed by atoms with van der Waals surface area (Å²) in [7, 11) is 0. The van der Waals surface area contributed by atoms with E-state index in [0.29, 0.717) is 0 Å². The summed E-state index contributed by atoms with van der Waals surface area (Å²) in [5, 5.41) is 2.45. The molecule has 1 radical (unpaired) electrons. The fourth-order valence-electron chi connectivity index (χ4n) is 2.09. The molecule has 3 rings (SSSR count). The first-order chi connectivity index (χ1) is 8.36. The number of rotatable bonds is 1. The fraction of sp³-hybridized carbons (Fsp3) is 0.0625. The zero-order chi connectivity index (χ0) is 11.7. The maximum atomic E-state index is 4.55. The van der Waals surface area contributed by atoms with Gasteiger partial charge in [0.05, 0.1) is 0 Å². The minimum Gasteiger partial charge on any atom is -0.304 e. The van der Waals surface area contributed by atoms with E-state index < -0.39 is 0 Å². The molecule has 2 aromatic carbocycles. The van der Waals surface area contributed by atoms with E-state index in [-0.39, 0.29) is 20.1 Å². The minimum atomic E-state index is 0. The quantitative estimate of drug-likeness (QED) is 0.553. The second-order valence-electron chi connectivity index (χ2n) is 4.11. The van der Waals surface area contributed by atoms with Gasteiger partial charge in [-0.05, 0) is 29.0 Å². The van der Waals surface area contributed by atoms with Crippen LogP contribution in [0.2, 0.25) is 0 Å². The van der Waals surface area contributed by atoms with Gasteiger partial charge in [0.15, 0.2) is 0 Å². The van der Waals surface area contributed by atoms with Gasteiger partial charge < -0.3 is 4.98 Å². The summed E-state index contributed by atoms with van der Waals surface area (Å²) in [6.07, 6.45) is 1.93. The summed E-state index contributed by atoms with van der Waals surface area (Å²) >= 11 is 0. The fourth-order valence-corrected chi connectivity index (χ4v) is 2.09. The minimum absolute atomic E-state index is 0. The normalized spacial score (nSPS) is 10.1. The smallest absolute Gasteiger partial charge is 0.0196 e. The summed E-state index contributed by atoms with van der Waals surface area (Å²) in [6.45, 7) is 2.09. The third kappa shape index (κ3) is 2.22. The van der Waals surface area contributed by atoms with Crippen LogP contribution < -0.4 is 0 Å². The van der Waals surface area contributed by atoms with Crippen molar-refractivity contribution in [2.24, 2.45) is 0 Å². The first kappa shape index (κ1) is 12.9. The largest absolute Gasteiger partial charge is 0.304 e. The molecule has 0 unspecified atom stereocenters. The van der Waals surface area contributed by atoms with Crippen molar-refractivity contribution >= 4 is 10.8 Å². The maximum Gasteiger partial charge on any atom is 0.0196 e. The van der Waals surface area contributed by atoms with Crippen LogP contribution in [0.4, 0.5) is 0 Å². The summed E-state index contributed by atoms with van der Waals surface area (Å²) in [5.41, 5.74) is 3.26. The van der Waals surface area contributed by atoms with E-state index in [0.717, 1.165) is 11.3 Å². The summed E-state index contributed by atoms with van der Waals surface area (Å²) < 4.78 is 0. The maximum absolute atomic E-state index is 4.55. The van der Waals surface area contributed by atoms with E-state index in [4.69, 9.17) is 0 Å². The molecule has 1 heterocycles. The number of fused-ring (bicyclic) bond motifs is 1. The van der Waals surface area contributed by atoms with Crippen molar-refractivity contribution < 1.29 is 20.1 Å². The van der Waals surface area contributed by atoms with E-state index in [2.05, 4.69) is 42.2 Å². The Labute approximate surface area is 120 Å². The standard InChI is InChI=1S/C16H12N.Ir/c1-12-11-17-16(13-7-3-2-4-8-13)15-10-6-5-9-14(12)15;/h2-7,9-11H,1H3;/q-1;. The van der Waals surface area contributed by atoms with Crippen LogP contribution in [0.3, 0.4) is 0 Å². The average molecular weight is 410 g/mol. The topological polar surface area (TPSA) is 12.9 Å². The van der Waals surface area contributed by atoms with E-state index in [1.54, 1.807) is 0 Å². The van der Waals surface area contributed by atoms with Gasteiger partial charge in [-0.25, -0.2) is 0 Å². The molecule has 0 aliphatic carbocycles. The van der Waals surface area contributed by atoms with Crippen LogP contribution in [-0.2, 0) is 20.1 Å². The summed E-state index contributed by atoms with van der Waals surface area (Å²) in [4.78, 5) is 4.55. The first-order valence-electron chi connectivity index (χ1n) is 5.68. The van der Waals surface area contributed by atoms with Crippen LogP contribution >= 0.6 is 0 Å². The van der Waals surface area contributed by atoms with E-state index in [1.807, 2.05) is 30.5 Å². The molecule has 0 aliphatic rings. The number of pyridine rings is 1. The van der Waals surface area contributed by atoms with Crippen LogP contribution in [0.1, 0.15) is 5.56 Å². The summed E-state index contributed by atoms with van der Waals surface area (Å²) in [6, 6.07) is 19.6. The second-order valence-corrected chi connectivity index (χ2v) is 4.11. The number of hydrogen-bond acceptors (Lipinski definition) is 1.